The van der Waals surface area contributed by atoms with Gasteiger partial charge in [-0.3, -0.25) is 4.79 Å². The Morgan fingerprint density at radius 1 is 1.43 bits per heavy atom. The molecule has 0 atom stereocenters. The van der Waals surface area contributed by atoms with Crippen LogP contribution < -0.4 is 5.32 Å². The number of aryl methyl sites for hydroxylation is 1. The summed E-state index contributed by atoms with van der Waals surface area (Å²) >= 11 is 0. The third-order valence-electron chi connectivity index (χ3n) is 2.75. The molecule has 0 spiro atoms. The normalized spacial score (nSPS) is 10.0. The van der Waals surface area contributed by atoms with Gasteiger partial charge >= 0.3 is 18.0 Å². The van der Waals surface area contributed by atoms with Crippen LogP contribution in [0.5, 0.6) is 0 Å². The summed E-state index contributed by atoms with van der Waals surface area (Å²) in [5, 5.41) is 11.2. The maximum Gasteiger partial charge on any atom is 0.355 e. The number of urea groups is 1. The van der Waals surface area contributed by atoms with Crippen LogP contribution in [0.4, 0.5) is 10.5 Å². The Balaban J connectivity index is 2.66. The summed E-state index contributed by atoms with van der Waals surface area (Å²) in [7, 11) is 3.16. The average Bonchev–Trinajstić information content (AvgIpc) is 2.77. The zero-order chi connectivity index (χ0) is 16.0. The van der Waals surface area contributed by atoms with E-state index in [9.17, 15) is 14.4 Å². The van der Waals surface area contributed by atoms with Gasteiger partial charge in [-0.05, 0) is 13.0 Å². The first-order valence-electron chi connectivity index (χ1n) is 6.42. The zero-order valence-electron chi connectivity index (χ0n) is 12.3. The van der Waals surface area contributed by atoms with E-state index < -0.39 is 18.0 Å². The molecule has 2 amide bonds. The van der Waals surface area contributed by atoms with Gasteiger partial charge in [-0.2, -0.15) is 0 Å². The minimum Gasteiger partial charge on any atom is -0.481 e. The summed E-state index contributed by atoms with van der Waals surface area (Å²) in [5.41, 5.74) is 0.757. The quantitative estimate of drug-likeness (QED) is 0.767. The predicted molar refractivity (Wildman–Crippen MR) is 75.3 cm³/mol. The van der Waals surface area contributed by atoms with Crippen molar-refractivity contribution in [3.05, 3.63) is 18.0 Å². The van der Waals surface area contributed by atoms with Gasteiger partial charge in [0.2, 0.25) is 0 Å². The highest BCUT2D eigenvalue weighted by Gasteiger charge is 2.15. The van der Waals surface area contributed by atoms with Crippen molar-refractivity contribution in [1.82, 2.24) is 9.47 Å². The summed E-state index contributed by atoms with van der Waals surface area (Å²) in [6.07, 6.45) is 1.45. The smallest absolute Gasteiger partial charge is 0.355 e. The molecule has 0 aromatic carbocycles. The van der Waals surface area contributed by atoms with Gasteiger partial charge in [0, 0.05) is 26.8 Å². The number of amides is 2. The van der Waals surface area contributed by atoms with E-state index >= 15 is 0 Å². The number of rotatable bonds is 6. The van der Waals surface area contributed by atoms with Gasteiger partial charge in [0.15, 0.2) is 0 Å². The number of carbonyl (C=O) groups excluding carboxylic acids is 2. The van der Waals surface area contributed by atoms with Gasteiger partial charge in [-0.15, -0.1) is 0 Å². The predicted octanol–water partition coefficient (Wildman–Crippen LogP) is 1.14. The molecule has 8 nitrogen and oxygen atoms in total. The molecule has 116 valence electrons. The Morgan fingerprint density at radius 2 is 2.10 bits per heavy atom. The summed E-state index contributed by atoms with van der Waals surface area (Å²) < 4.78 is 6.44. The molecule has 1 aromatic rings. The number of nitrogens with zero attached hydrogens (tertiary/aromatic N) is 2. The largest absolute Gasteiger partial charge is 0.481 e. The molecule has 0 aliphatic rings. The molecule has 0 bridgehead atoms. The van der Waals surface area contributed by atoms with Crippen molar-refractivity contribution in [2.45, 2.75) is 13.3 Å². The van der Waals surface area contributed by atoms with Gasteiger partial charge in [-0.25, -0.2) is 9.59 Å². The Bertz CT molecular complexity index is 538. The maximum absolute atomic E-state index is 11.8. The highest BCUT2D eigenvalue weighted by atomic mass is 16.5. The maximum atomic E-state index is 11.8. The standard InChI is InChI=1S/C13H19N3O5/c1-4-21-12(19)10-7-9(8-16(10)3)14-13(20)15(2)6-5-11(17)18/h7-8H,4-6H2,1-3H3,(H,14,20)(H,17,18). The molecule has 2 N–H and O–H groups in total. The number of anilines is 1. The highest BCUT2D eigenvalue weighted by molar-refractivity contribution is 5.93. The number of aliphatic carboxylic acids is 1. The number of ether oxygens (including phenoxy) is 1. The van der Waals surface area contributed by atoms with Crippen molar-refractivity contribution >= 4 is 23.7 Å². The lowest BCUT2D eigenvalue weighted by Gasteiger charge is -2.16. The van der Waals surface area contributed by atoms with Gasteiger partial charge in [0.1, 0.15) is 5.69 Å². The molecule has 0 saturated heterocycles. The molecule has 0 fully saturated rings. The molecule has 0 saturated carbocycles. The Kier molecular flexibility index (Phi) is 5.77. The number of aromatic nitrogens is 1. The van der Waals surface area contributed by atoms with Gasteiger partial charge < -0.3 is 24.6 Å². The first-order valence-corrected chi connectivity index (χ1v) is 6.42. The molecule has 0 aliphatic carbocycles. The van der Waals surface area contributed by atoms with Gasteiger partial charge in [-0.1, -0.05) is 0 Å². The molecule has 1 aromatic heterocycles. The van der Waals surface area contributed by atoms with Crippen LogP contribution >= 0.6 is 0 Å². The van der Waals surface area contributed by atoms with Crippen molar-refractivity contribution in [3.8, 4) is 0 Å². The van der Waals surface area contributed by atoms with Gasteiger partial charge in [0.25, 0.3) is 0 Å². The number of carboxylic acids is 1. The van der Waals surface area contributed by atoms with Crippen LogP contribution in [0.25, 0.3) is 0 Å². The zero-order valence-corrected chi connectivity index (χ0v) is 12.3. The van der Waals surface area contributed by atoms with Crippen molar-refractivity contribution in [3.63, 3.8) is 0 Å². The lowest BCUT2D eigenvalue weighted by atomic mass is 10.4. The van der Waals surface area contributed by atoms with Gasteiger partial charge in [0.05, 0.1) is 18.7 Å². The van der Waals surface area contributed by atoms with E-state index in [2.05, 4.69) is 5.32 Å². The molecule has 1 heterocycles. The Morgan fingerprint density at radius 3 is 2.67 bits per heavy atom. The second-order valence-corrected chi connectivity index (χ2v) is 4.44. The second-order valence-electron chi connectivity index (χ2n) is 4.44. The first kappa shape index (κ1) is 16.5. The fraction of sp³-hybridized carbons (Fsp3) is 0.462. The molecular formula is C13H19N3O5. The van der Waals surface area contributed by atoms with Crippen LogP contribution in [0.3, 0.4) is 0 Å². The molecule has 0 radical (unpaired) electrons. The number of carboxylic acid groups (broad SMARTS) is 1. The van der Waals surface area contributed by atoms with Crippen molar-refractivity contribution in [2.24, 2.45) is 7.05 Å². The third-order valence-corrected chi connectivity index (χ3v) is 2.75. The van der Waals surface area contributed by atoms with E-state index in [0.717, 1.165) is 0 Å². The van der Waals surface area contributed by atoms with Crippen molar-refractivity contribution < 1.29 is 24.2 Å². The van der Waals surface area contributed by atoms with Crippen LogP contribution in [0, 0.1) is 0 Å². The van der Waals surface area contributed by atoms with Crippen LogP contribution in [0.2, 0.25) is 0 Å². The van der Waals surface area contributed by atoms with E-state index in [4.69, 9.17) is 9.84 Å². The van der Waals surface area contributed by atoms with E-state index in [1.54, 1.807) is 24.7 Å². The van der Waals surface area contributed by atoms with Crippen LogP contribution in [0.1, 0.15) is 23.8 Å². The minimum absolute atomic E-state index is 0.0960. The molecule has 0 unspecified atom stereocenters. The second kappa shape index (κ2) is 7.32. The molecule has 8 heteroatoms. The molecular weight excluding hydrogens is 278 g/mol. The van der Waals surface area contributed by atoms with E-state index in [1.807, 2.05) is 0 Å². The highest BCUT2D eigenvalue weighted by Crippen LogP contribution is 2.14. The SMILES string of the molecule is CCOC(=O)c1cc(NC(=O)N(C)CCC(=O)O)cn1C. The van der Waals surface area contributed by atoms with Crippen LogP contribution in [-0.2, 0) is 16.6 Å². The Hall–Kier alpha value is -2.51. The number of nitrogens with one attached hydrogen (secondary N) is 1. The number of carbonyl (C=O) groups is 3. The monoisotopic (exact) mass is 297 g/mol. The van der Waals surface area contributed by atoms with E-state index in [1.165, 1.54) is 18.0 Å². The first-order chi connectivity index (χ1) is 9.85. The molecule has 1 rings (SSSR count). The number of hydrogen-bond donors (Lipinski definition) is 2. The topological polar surface area (TPSA) is 101 Å². The minimum atomic E-state index is -0.973. The van der Waals surface area contributed by atoms with E-state index in [-0.39, 0.29) is 19.6 Å². The lowest BCUT2D eigenvalue weighted by Crippen LogP contribution is -2.32. The average molecular weight is 297 g/mol. The summed E-state index contributed by atoms with van der Waals surface area (Å²) in [4.78, 5) is 35.2. The van der Waals surface area contributed by atoms with E-state index in [0.29, 0.717) is 11.4 Å². The summed E-state index contributed by atoms with van der Waals surface area (Å²) in [5.74, 6) is -1.45. The number of esters is 1. The summed E-state index contributed by atoms with van der Waals surface area (Å²) in [6.45, 7) is 2.07. The summed E-state index contributed by atoms with van der Waals surface area (Å²) in [6, 6.07) is 1.05. The lowest BCUT2D eigenvalue weighted by molar-refractivity contribution is -0.137. The molecule has 0 aliphatic heterocycles. The third kappa shape index (κ3) is 4.83. The fourth-order valence-corrected chi connectivity index (χ4v) is 1.62. The van der Waals surface area contributed by atoms with Crippen LogP contribution in [-0.4, -0.2) is 52.7 Å². The van der Waals surface area contributed by atoms with Crippen molar-refractivity contribution in [2.75, 3.05) is 25.5 Å². The number of hydrogen-bond acceptors (Lipinski definition) is 4. The van der Waals surface area contributed by atoms with Crippen molar-refractivity contribution in [1.29, 1.82) is 0 Å². The molecule has 21 heavy (non-hydrogen) atoms. The Labute approximate surface area is 122 Å². The fourth-order valence-electron chi connectivity index (χ4n) is 1.62. The van der Waals surface area contributed by atoms with Crippen LogP contribution in [0.15, 0.2) is 12.3 Å².